The number of H-pyrrole nitrogens is 1. The average Bonchev–Trinajstić information content (AvgIpc) is 2.31. The third kappa shape index (κ3) is 1.05. The first-order valence-electron chi connectivity index (χ1n) is 4.08. The fraction of sp³-hybridized carbons (Fsp3) is 0.625. The molecule has 1 atom stereocenters. The summed E-state index contributed by atoms with van der Waals surface area (Å²) in [6.45, 7) is 1.98. The first kappa shape index (κ1) is 6.85. The Morgan fingerprint density at radius 3 is 3.18 bits per heavy atom. The van der Waals surface area contributed by atoms with E-state index in [0.717, 1.165) is 24.4 Å². The molecule has 0 radical (unpaired) electrons. The number of rotatable bonds is 0. The minimum absolute atomic E-state index is 0.170. The Morgan fingerprint density at radius 2 is 2.45 bits per heavy atom. The maximum absolute atomic E-state index is 5.88. The lowest BCUT2D eigenvalue weighted by atomic mass is 9.97. The Balaban J connectivity index is 2.43. The zero-order valence-electron chi connectivity index (χ0n) is 6.72. The number of nitrogens with two attached hydrogens (primary N) is 1. The summed E-state index contributed by atoms with van der Waals surface area (Å²) in [6, 6.07) is 0.170. The highest BCUT2D eigenvalue weighted by Gasteiger charge is 2.19. The molecule has 1 aromatic rings. The van der Waals surface area contributed by atoms with E-state index >= 15 is 0 Å². The van der Waals surface area contributed by atoms with Crippen LogP contribution in [0.25, 0.3) is 0 Å². The number of aromatic amines is 1. The minimum Gasteiger partial charge on any atom is -0.346 e. The van der Waals surface area contributed by atoms with Gasteiger partial charge in [-0.05, 0) is 26.2 Å². The summed E-state index contributed by atoms with van der Waals surface area (Å²) < 4.78 is 0. The lowest BCUT2D eigenvalue weighted by Gasteiger charge is -2.15. The van der Waals surface area contributed by atoms with Crippen molar-refractivity contribution in [3.8, 4) is 0 Å². The summed E-state index contributed by atoms with van der Waals surface area (Å²) in [4.78, 5) is 7.59. The summed E-state index contributed by atoms with van der Waals surface area (Å²) in [7, 11) is 0. The van der Waals surface area contributed by atoms with Gasteiger partial charge in [0, 0.05) is 11.7 Å². The molecule has 11 heavy (non-hydrogen) atoms. The van der Waals surface area contributed by atoms with Gasteiger partial charge in [0.25, 0.3) is 0 Å². The Hall–Kier alpha value is -0.830. The first-order valence-corrected chi connectivity index (χ1v) is 4.08. The maximum Gasteiger partial charge on any atom is 0.103 e. The van der Waals surface area contributed by atoms with Crippen molar-refractivity contribution >= 4 is 0 Å². The molecule has 0 spiro atoms. The molecule has 3 nitrogen and oxygen atoms in total. The summed E-state index contributed by atoms with van der Waals surface area (Å²) >= 11 is 0. The zero-order chi connectivity index (χ0) is 7.84. The van der Waals surface area contributed by atoms with Gasteiger partial charge in [0.05, 0.1) is 5.69 Å². The fourth-order valence-corrected chi connectivity index (χ4v) is 1.69. The van der Waals surface area contributed by atoms with E-state index in [1.165, 1.54) is 12.1 Å². The Morgan fingerprint density at radius 1 is 1.64 bits per heavy atom. The molecule has 0 aliphatic heterocycles. The van der Waals surface area contributed by atoms with Crippen molar-refractivity contribution < 1.29 is 0 Å². The number of hydrogen-bond acceptors (Lipinski definition) is 2. The molecule has 60 valence electrons. The van der Waals surface area contributed by atoms with Crippen LogP contribution in [0, 0.1) is 6.92 Å². The second kappa shape index (κ2) is 2.34. The molecule has 0 fully saturated rings. The minimum atomic E-state index is 0.170. The highest BCUT2D eigenvalue weighted by molar-refractivity contribution is 5.20. The van der Waals surface area contributed by atoms with Crippen LogP contribution in [0.4, 0.5) is 0 Å². The van der Waals surface area contributed by atoms with Gasteiger partial charge in [0.15, 0.2) is 0 Å². The lowest BCUT2D eigenvalue weighted by Crippen LogP contribution is -2.17. The van der Waals surface area contributed by atoms with Crippen molar-refractivity contribution in [1.82, 2.24) is 9.97 Å². The molecule has 0 aromatic carbocycles. The van der Waals surface area contributed by atoms with E-state index in [9.17, 15) is 0 Å². The smallest absolute Gasteiger partial charge is 0.103 e. The van der Waals surface area contributed by atoms with Crippen molar-refractivity contribution in [3.63, 3.8) is 0 Å². The van der Waals surface area contributed by atoms with Gasteiger partial charge >= 0.3 is 0 Å². The van der Waals surface area contributed by atoms with Gasteiger partial charge in [0.1, 0.15) is 5.82 Å². The van der Waals surface area contributed by atoms with Gasteiger partial charge in [-0.25, -0.2) is 4.98 Å². The summed E-state index contributed by atoms with van der Waals surface area (Å²) in [5.41, 5.74) is 8.22. The number of hydrogen-bond donors (Lipinski definition) is 2. The van der Waals surface area contributed by atoms with Gasteiger partial charge in [-0.3, -0.25) is 0 Å². The van der Waals surface area contributed by atoms with E-state index in [4.69, 9.17) is 5.73 Å². The second-order valence-corrected chi connectivity index (χ2v) is 3.18. The molecule has 0 bridgehead atoms. The normalized spacial score (nSPS) is 23.3. The number of aryl methyl sites for hydroxylation is 2. The van der Waals surface area contributed by atoms with Crippen LogP contribution in [0.5, 0.6) is 0 Å². The molecule has 0 saturated carbocycles. The Kier molecular flexibility index (Phi) is 1.46. The van der Waals surface area contributed by atoms with E-state index in [0.29, 0.717) is 0 Å². The summed E-state index contributed by atoms with van der Waals surface area (Å²) in [6.07, 6.45) is 3.39. The molecule has 0 saturated heterocycles. The zero-order valence-corrected chi connectivity index (χ0v) is 6.72. The van der Waals surface area contributed by atoms with Crippen molar-refractivity contribution in [2.24, 2.45) is 5.73 Å². The van der Waals surface area contributed by atoms with Crippen LogP contribution >= 0.6 is 0 Å². The van der Waals surface area contributed by atoms with Crippen molar-refractivity contribution in [2.75, 3.05) is 0 Å². The number of nitrogens with zero attached hydrogens (tertiary/aromatic N) is 1. The van der Waals surface area contributed by atoms with Crippen LogP contribution in [0.15, 0.2) is 0 Å². The Bertz CT molecular complexity index is 264. The largest absolute Gasteiger partial charge is 0.346 e. The predicted molar refractivity (Wildman–Crippen MR) is 43.2 cm³/mol. The lowest BCUT2D eigenvalue weighted by molar-refractivity contribution is 0.555. The van der Waals surface area contributed by atoms with Gasteiger partial charge in [0.2, 0.25) is 0 Å². The van der Waals surface area contributed by atoms with E-state index in [1.807, 2.05) is 6.92 Å². The van der Waals surface area contributed by atoms with Crippen molar-refractivity contribution in [2.45, 2.75) is 32.2 Å². The van der Waals surface area contributed by atoms with Crippen LogP contribution in [-0.4, -0.2) is 9.97 Å². The van der Waals surface area contributed by atoms with E-state index in [-0.39, 0.29) is 6.04 Å². The van der Waals surface area contributed by atoms with E-state index in [2.05, 4.69) is 9.97 Å². The molecular formula is C8H13N3. The topological polar surface area (TPSA) is 54.7 Å². The molecule has 1 aliphatic carbocycles. The van der Waals surface area contributed by atoms with Crippen LogP contribution < -0.4 is 5.73 Å². The highest BCUT2D eigenvalue weighted by Crippen LogP contribution is 2.25. The number of nitrogens with one attached hydrogen (secondary N) is 1. The third-order valence-corrected chi connectivity index (χ3v) is 2.22. The van der Waals surface area contributed by atoms with Crippen LogP contribution in [-0.2, 0) is 6.42 Å². The van der Waals surface area contributed by atoms with Crippen LogP contribution in [0.2, 0.25) is 0 Å². The van der Waals surface area contributed by atoms with Gasteiger partial charge in [-0.2, -0.15) is 0 Å². The predicted octanol–water partition coefficient (Wildman–Crippen LogP) is 1.05. The molecule has 3 N–H and O–H groups in total. The average molecular weight is 151 g/mol. The number of aromatic nitrogens is 2. The molecule has 3 heteroatoms. The summed E-state index contributed by atoms with van der Waals surface area (Å²) in [5.74, 6) is 0.993. The fourth-order valence-electron chi connectivity index (χ4n) is 1.69. The second-order valence-electron chi connectivity index (χ2n) is 3.18. The van der Waals surface area contributed by atoms with Gasteiger partial charge < -0.3 is 10.7 Å². The maximum atomic E-state index is 5.88. The number of fused-ring (bicyclic) bond motifs is 1. The van der Waals surface area contributed by atoms with Crippen LogP contribution in [0.1, 0.15) is 36.1 Å². The molecule has 2 rings (SSSR count). The van der Waals surface area contributed by atoms with E-state index < -0.39 is 0 Å². The van der Waals surface area contributed by atoms with Crippen molar-refractivity contribution in [1.29, 1.82) is 0 Å². The third-order valence-electron chi connectivity index (χ3n) is 2.22. The molecular weight excluding hydrogens is 138 g/mol. The summed E-state index contributed by atoms with van der Waals surface area (Å²) in [5, 5.41) is 0. The molecule has 0 unspecified atom stereocenters. The van der Waals surface area contributed by atoms with Crippen molar-refractivity contribution in [3.05, 3.63) is 17.2 Å². The number of imidazole rings is 1. The molecule has 1 aromatic heterocycles. The quantitative estimate of drug-likeness (QED) is 0.582. The monoisotopic (exact) mass is 151 g/mol. The van der Waals surface area contributed by atoms with Gasteiger partial charge in [-0.15, -0.1) is 0 Å². The molecule has 1 aliphatic rings. The highest BCUT2D eigenvalue weighted by atomic mass is 15.0. The van der Waals surface area contributed by atoms with E-state index in [1.54, 1.807) is 0 Å². The SMILES string of the molecule is Cc1nc2c([nH]1)CCC[C@@H]2N. The standard InChI is InChI=1S/C8H13N3/c1-5-10-7-4-2-3-6(9)8(7)11-5/h6H,2-4,9H2,1H3,(H,10,11)/t6-/m0/s1. The Labute approximate surface area is 66.0 Å². The van der Waals surface area contributed by atoms with Gasteiger partial charge in [-0.1, -0.05) is 0 Å². The van der Waals surface area contributed by atoms with Crippen LogP contribution in [0.3, 0.4) is 0 Å². The molecule has 1 heterocycles. The first-order chi connectivity index (χ1) is 5.27. The molecule has 0 amide bonds.